The molecule has 0 aliphatic heterocycles. The Kier molecular flexibility index (Phi) is 10.7. The van der Waals surface area contributed by atoms with Gasteiger partial charge in [0.05, 0.1) is 23.6 Å². The van der Waals surface area contributed by atoms with Crippen LogP contribution in [0.3, 0.4) is 0 Å². The SMILES string of the molecule is Cc1cc(C(=O)OOCCNC[C@H](O)c2ccc(OCc3ccccc3)c(NS(C)(=O)=O)c2)ccc1-c1ccccc1. The van der Waals surface area contributed by atoms with Gasteiger partial charge in [-0.15, -0.1) is 0 Å². The van der Waals surface area contributed by atoms with Crippen molar-refractivity contribution >= 4 is 21.7 Å². The van der Waals surface area contributed by atoms with Crippen molar-refractivity contribution in [1.82, 2.24) is 5.32 Å². The molecule has 0 spiro atoms. The van der Waals surface area contributed by atoms with Gasteiger partial charge in [0.15, 0.2) is 0 Å². The van der Waals surface area contributed by atoms with Crippen molar-refractivity contribution < 1.29 is 32.8 Å². The number of nitrogens with one attached hydrogen (secondary N) is 2. The van der Waals surface area contributed by atoms with Crippen molar-refractivity contribution in [2.24, 2.45) is 0 Å². The van der Waals surface area contributed by atoms with Gasteiger partial charge in [-0.25, -0.2) is 13.2 Å². The van der Waals surface area contributed by atoms with Crippen LogP contribution in [-0.4, -0.2) is 45.4 Å². The zero-order valence-electron chi connectivity index (χ0n) is 23.4. The molecule has 0 saturated carbocycles. The molecule has 0 aliphatic rings. The number of carbonyl (C=O) groups is 1. The molecular formula is C32H34N2O7S. The van der Waals surface area contributed by atoms with E-state index in [0.29, 0.717) is 23.4 Å². The van der Waals surface area contributed by atoms with Gasteiger partial charge in [0.25, 0.3) is 0 Å². The molecule has 0 amide bonds. The third kappa shape index (κ3) is 9.15. The molecule has 0 radical (unpaired) electrons. The van der Waals surface area contributed by atoms with E-state index in [4.69, 9.17) is 14.5 Å². The highest BCUT2D eigenvalue weighted by atomic mass is 32.2. The number of ether oxygens (including phenoxy) is 1. The van der Waals surface area contributed by atoms with E-state index >= 15 is 0 Å². The number of aliphatic hydroxyl groups excluding tert-OH is 1. The fraction of sp³-hybridized carbons (Fsp3) is 0.219. The van der Waals surface area contributed by atoms with Crippen molar-refractivity contribution in [3.63, 3.8) is 0 Å². The van der Waals surface area contributed by atoms with E-state index in [2.05, 4.69) is 10.0 Å². The van der Waals surface area contributed by atoms with Crippen LogP contribution in [0.5, 0.6) is 5.75 Å². The van der Waals surface area contributed by atoms with Gasteiger partial charge in [0, 0.05) is 13.1 Å². The van der Waals surface area contributed by atoms with Gasteiger partial charge in [-0.2, -0.15) is 4.89 Å². The lowest BCUT2D eigenvalue weighted by atomic mass is 9.98. The van der Waals surface area contributed by atoms with Crippen molar-refractivity contribution in [3.05, 3.63) is 119 Å². The normalized spacial score (nSPS) is 12.0. The van der Waals surface area contributed by atoms with Crippen LogP contribution >= 0.6 is 0 Å². The first-order valence-electron chi connectivity index (χ1n) is 13.4. The summed E-state index contributed by atoms with van der Waals surface area (Å²) >= 11 is 0. The summed E-state index contributed by atoms with van der Waals surface area (Å²) in [6.45, 7) is 2.70. The maximum absolute atomic E-state index is 12.4. The van der Waals surface area contributed by atoms with Gasteiger partial charge in [-0.3, -0.25) is 9.61 Å². The summed E-state index contributed by atoms with van der Waals surface area (Å²) in [7, 11) is -3.58. The molecule has 4 aromatic rings. The minimum absolute atomic E-state index is 0.0622. The van der Waals surface area contributed by atoms with Gasteiger partial charge in [0.2, 0.25) is 10.0 Å². The number of anilines is 1. The average molecular weight is 591 g/mol. The average Bonchev–Trinajstić information content (AvgIpc) is 2.98. The van der Waals surface area contributed by atoms with E-state index in [0.717, 1.165) is 28.5 Å². The molecule has 3 N–H and O–H groups in total. The molecule has 0 saturated heterocycles. The molecule has 10 heteroatoms. The van der Waals surface area contributed by atoms with E-state index in [1.165, 1.54) is 6.07 Å². The maximum Gasteiger partial charge on any atom is 0.373 e. The zero-order chi connectivity index (χ0) is 30.0. The first-order chi connectivity index (χ1) is 20.2. The molecule has 42 heavy (non-hydrogen) atoms. The zero-order valence-corrected chi connectivity index (χ0v) is 24.3. The van der Waals surface area contributed by atoms with E-state index in [1.807, 2.05) is 73.7 Å². The van der Waals surface area contributed by atoms with Crippen molar-refractivity contribution in [2.45, 2.75) is 19.6 Å². The number of rotatable bonds is 14. The first-order valence-corrected chi connectivity index (χ1v) is 15.3. The standard InChI is InChI=1S/C32H34N2O7S/c1-23-19-27(13-15-28(23)25-11-7-4-8-12-25)32(36)41-40-18-17-33-21-30(35)26-14-16-31(29(20-26)34-42(2,37)38)39-22-24-9-5-3-6-10-24/h3-16,19-20,30,33-35H,17-18,21-22H2,1-2H3/t30-/m0/s1. The highest BCUT2D eigenvalue weighted by molar-refractivity contribution is 7.92. The monoisotopic (exact) mass is 590 g/mol. The van der Waals surface area contributed by atoms with Crippen LogP contribution in [0.25, 0.3) is 11.1 Å². The van der Waals surface area contributed by atoms with Crippen molar-refractivity contribution in [2.75, 3.05) is 30.7 Å². The van der Waals surface area contributed by atoms with Crippen molar-refractivity contribution in [3.8, 4) is 16.9 Å². The molecule has 0 aromatic heterocycles. The number of hydrogen-bond donors (Lipinski definition) is 3. The molecule has 9 nitrogen and oxygen atoms in total. The fourth-order valence-electron chi connectivity index (χ4n) is 4.24. The summed E-state index contributed by atoms with van der Waals surface area (Å²) < 4.78 is 32.1. The minimum Gasteiger partial charge on any atom is -0.487 e. The van der Waals surface area contributed by atoms with Crippen LogP contribution in [0.2, 0.25) is 0 Å². The summed E-state index contributed by atoms with van der Waals surface area (Å²) in [5, 5.41) is 13.7. The van der Waals surface area contributed by atoms with Crippen LogP contribution in [0.1, 0.15) is 33.2 Å². The molecule has 0 bridgehead atoms. The Labute approximate surface area is 246 Å². The maximum atomic E-state index is 12.4. The van der Waals surface area contributed by atoms with E-state index in [9.17, 15) is 18.3 Å². The summed E-state index contributed by atoms with van der Waals surface area (Å²) in [5.74, 6) is -0.258. The topological polar surface area (TPSA) is 123 Å². The molecule has 0 aliphatic carbocycles. The number of carbonyl (C=O) groups excluding carboxylic acids is 1. The summed E-state index contributed by atoms with van der Waals surface area (Å²) in [6, 6.07) is 29.5. The Balaban J connectivity index is 1.24. The molecular weight excluding hydrogens is 556 g/mol. The molecule has 0 unspecified atom stereocenters. The third-order valence-corrected chi connectivity index (χ3v) is 6.89. The molecule has 220 valence electrons. The quantitative estimate of drug-likeness (QED) is 0.106. The van der Waals surface area contributed by atoms with Crippen LogP contribution in [0.15, 0.2) is 97.1 Å². The Hall–Kier alpha value is -4.22. The van der Waals surface area contributed by atoms with E-state index < -0.39 is 22.1 Å². The predicted octanol–water partition coefficient (Wildman–Crippen LogP) is 5.02. The van der Waals surface area contributed by atoms with E-state index in [1.54, 1.807) is 24.3 Å². The van der Waals surface area contributed by atoms with Crippen molar-refractivity contribution in [1.29, 1.82) is 0 Å². The van der Waals surface area contributed by atoms with Gasteiger partial charge in [0.1, 0.15) is 19.0 Å². The number of aryl methyl sites for hydroxylation is 1. The fourth-order valence-corrected chi connectivity index (χ4v) is 4.80. The second kappa shape index (κ2) is 14.6. The Morgan fingerprint density at radius 3 is 2.33 bits per heavy atom. The highest BCUT2D eigenvalue weighted by Crippen LogP contribution is 2.30. The van der Waals surface area contributed by atoms with Crippen LogP contribution < -0.4 is 14.8 Å². The van der Waals surface area contributed by atoms with Gasteiger partial charge in [-0.05, 0) is 59.0 Å². The van der Waals surface area contributed by atoms with Gasteiger partial charge >= 0.3 is 5.97 Å². The summed E-state index contributed by atoms with van der Waals surface area (Å²) in [6.07, 6.45) is 0.105. The Morgan fingerprint density at radius 2 is 1.64 bits per heavy atom. The van der Waals surface area contributed by atoms with Gasteiger partial charge in [-0.1, -0.05) is 72.8 Å². The minimum atomic E-state index is -3.58. The molecule has 4 aromatic carbocycles. The highest BCUT2D eigenvalue weighted by Gasteiger charge is 2.15. The largest absolute Gasteiger partial charge is 0.487 e. The molecule has 1 atom stereocenters. The van der Waals surface area contributed by atoms with Crippen LogP contribution in [0.4, 0.5) is 5.69 Å². The molecule has 0 heterocycles. The second-order valence-corrected chi connectivity index (χ2v) is 11.5. The molecule has 4 rings (SSSR count). The second-order valence-electron chi connectivity index (χ2n) is 9.71. The van der Waals surface area contributed by atoms with E-state index in [-0.39, 0.29) is 25.4 Å². The lowest BCUT2D eigenvalue weighted by Gasteiger charge is -2.17. The Bertz CT molecular complexity index is 1580. The number of hydrogen-bond acceptors (Lipinski definition) is 8. The summed E-state index contributed by atoms with van der Waals surface area (Å²) in [5.41, 5.74) is 5.07. The third-order valence-electron chi connectivity index (χ3n) is 6.30. The smallest absolute Gasteiger partial charge is 0.373 e. The lowest BCUT2D eigenvalue weighted by molar-refractivity contribution is -0.239. The summed E-state index contributed by atoms with van der Waals surface area (Å²) in [4.78, 5) is 22.4. The van der Waals surface area contributed by atoms with Gasteiger partial charge < -0.3 is 15.2 Å². The number of aliphatic hydroxyl groups is 1. The molecule has 0 fully saturated rings. The predicted molar refractivity (Wildman–Crippen MR) is 161 cm³/mol. The number of sulfonamides is 1. The number of benzene rings is 4. The van der Waals surface area contributed by atoms with Crippen LogP contribution in [-0.2, 0) is 26.4 Å². The van der Waals surface area contributed by atoms with Crippen LogP contribution in [0, 0.1) is 6.92 Å². The Morgan fingerprint density at radius 1 is 0.929 bits per heavy atom. The first kappa shape index (κ1) is 30.7. The lowest BCUT2D eigenvalue weighted by Crippen LogP contribution is -2.26.